The first kappa shape index (κ1) is 22.5. The van der Waals surface area contributed by atoms with E-state index in [2.05, 4.69) is 4.99 Å². The first-order valence-electron chi connectivity index (χ1n) is 9.42. The molecule has 1 amide bonds. The van der Waals surface area contributed by atoms with Gasteiger partial charge < -0.3 is 14.0 Å². The van der Waals surface area contributed by atoms with E-state index in [0.29, 0.717) is 35.0 Å². The molecule has 0 atom stereocenters. The fourth-order valence-electron chi connectivity index (χ4n) is 2.81. The van der Waals surface area contributed by atoms with E-state index in [9.17, 15) is 13.6 Å². The number of hydrogen-bond acceptors (Lipinski definition) is 5. The van der Waals surface area contributed by atoms with E-state index in [1.165, 1.54) is 17.8 Å². The fraction of sp³-hybridized carbons (Fsp3) is 0.333. The summed E-state index contributed by atoms with van der Waals surface area (Å²) < 4.78 is 40.5. The van der Waals surface area contributed by atoms with Gasteiger partial charge in [0, 0.05) is 36.3 Å². The number of carbonyl (C=O) groups excluding carboxylic acids is 1. The number of hydrogen-bond donors (Lipinski definition) is 0. The van der Waals surface area contributed by atoms with Crippen LogP contribution in [0.15, 0.2) is 46.3 Å². The van der Waals surface area contributed by atoms with Crippen LogP contribution in [-0.4, -0.2) is 36.6 Å². The maximum Gasteiger partial charge on any atom is 0.249 e. The lowest BCUT2D eigenvalue weighted by Crippen LogP contribution is -2.20. The molecule has 0 spiro atoms. The topological polar surface area (TPSA) is 52.8 Å². The second kappa shape index (κ2) is 10.7. The van der Waals surface area contributed by atoms with Gasteiger partial charge in [-0.05, 0) is 37.3 Å². The molecule has 0 aliphatic rings. The number of thiazole rings is 1. The molecule has 0 aliphatic carbocycles. The molecule has 3 rings (SSSR count). The SMILES string of the molecule is CCOCCn1c(=NC(=O)CCSc2ccc(OC)cc2)sc2cc(F)cc(F)c21. The van der Waals surface area contributed by atoms with Crippen molar-refractivity contribution in [3.8, 4) is 5.75 Å². The van der Waals surface area contributed by atoms with Crippen LogP contribution in [0.4, 0.5) is 8.78 Å². The molecule has 1 aromatic heterocycles. The van der Waals surface area contributed by atoms with Gasteiger partial charge >= 0.3 is 0 Å². The molecule has 0 N–H and O–H groups in total. The Morgan fingerprint density at radius 3 is 2.70 bits per heavy atom. The first-order chi connectivity index (χ1) is 14.5. The van der Waals surface area contributed by atoms with Crippen LogP contribution in [0.5, 0.6) is 5.75 Å². The molecule has 0 bridgehead atoms. The van der Waals surface area contributed by atoms with Crippen molar-refractivity contribution in [1.82, 2.24) is 4.57 Å². The number of benzene rings is 2. The zero-order chi connectivity index (χ0) is 21.5. The Hall–Kier alpha value is -2.23. The molecule has 0 saturated carbocycles. The summed E-state index contributed by atoms with van der Waals surface area (Å²) in [5.41, 5.74) is 0.236. The van der Waals surface area contributed by atoms with Gasteiger partial charge in [-0.1, -0.05) is 11.3 Å². The summed E-state index contributed by atoms with van der Waals surface area (Å²) >= 11 is 2.63. The Labute approximate surface area is 181 Å². The third-order valence-corrected chi connectivity index (χ3v) is 6.26. The number of nitrogens with zero attached hydrogens (tertiary/aromatic N) is 2. The van der Waals surface area contributed by atoms with Crippen molar-refractivity contribution in [2.24, 2.45) is 4.99 Å². The molecule has 0 radical (unpaired) electrons. The zero-order valence-electron chi connectivity index (χ0n) is 16.7. The second-order valence-corrected chi connectivity index (χ2v) is 8.42. The van der Waals surface area contributed by atoms with Gasteiger partial charge in [-0.25, -0.2) is 8.78 Å². The molecule has 0 fully saturated rings. The summed E-state index contributed by atoms with van der Waals surface area (Å²) in [4.78, 5) is 17.9. The minimum Gasteiger partial charge on any atom is -0.497 e. The molecule has 0 aliphatic heterocycles. The Bertz CT molecular complexity index is 1080. The van der Waals surface area contributed by atoms with Crippen LogP contribution in [0.25, 0.3) is 10.2 Å². The number of methoxy groups -OCH3 is 1. The maximum atomic E-state index is 14.4. The number of carbonyl (C=O) groups is 1. The quantitative estimate of drug-likeness (QED) is 0.351. The van der Waals surface area contributed by atoms with Crippen LogP contribution >= 0.6 is 23.1 Å². The predicted octanol–water partition coefficient (Wildman–Crippen LogP) is 4.64. The van der Waals surface area contributed by atoms with Gasteiger partial charge in [-0.15, -0.1) is 11.8 Å². The smallest absolute Gasteiger partial charge is 0.249 e. The van der Waals surface area contributed by atoms with Crippen LogP contribution in [-0.2, 0) is 16.1 Å². The molecule has 5 nitrogen and oxygen atoms in total. The van der Waals surface area contributed by atoms with Gasteiger partial charge in [0.25, 0.3) is 0 Å². The molecule has 9 heteroatoms. The number of amides is 1. The summed E-state index contributed by atoms with van der Waals surface area (Å²) in [5, 5.41) is 0. The van der Waals surface area contributed by atoms with Gasteiger partial charge in [0.05, 0.1) is 23.9 Å². The second-order valence-electron chi connectivity index (χ2n) is 6.25. The van der Waals surface area contributed by atoms with Gasteiger partial charge in [0.1, 0.15) is 11.6 Å². The molecule has 30 heavy (non-hydrogen) atoms. The molecule has 0 unspecified atom stereocenters. The first-order valence-corrected chi connectivity index (χ1v) is 11.2. The molecule has 0 saturated heterocycles. The Morgan fingerprint density at radius 2 is 2.00 bits per heavy atom. The zero-order valence-corrected chi connectivity index (χ0v) is 18.3. The fourth-order valence-corrected chi connectivity index (χ4v) is 4.77. The number of rotatable bonds is 9. The standard InChI is InChI=1S/C21H22F2N2O3S2/c1-3-28-10-9-25-20-17(23)12-14(22)13-18(20)30-21(25)24-19(26)8-11-29-16-6-4-15(27-2)5-7-16/h4-7,12-13H,3,8-11H2,1-2H3. The Kier molecular flexibility index (Phi) is 8.01. The molecular weight excluding hydrogens is 430 g/mol. The lowest BCUT2D eigenvalue weighted by Gasteiger charge is -2.06. The normalized spacial score (nSPS) is 11.9. The number of ether oxygens (including phenoxy) is 2. The van der Waals surface area contributed by atoms with Crippen molar-refractivity contribution in [3.63, 3.8) is 0 Å². The van der Waals surface area contributed by atoms with Crippen molar-refractivity contribution < 1.29 is 23.0 Å². The highest BCUT2D eigenvalue weighted by molar-refractivity contribution is 7.99. The van der Waals surface area contributed by atoms with Crippen LogP contribution in [0.3, 0.4) is 0 Å². The highest BCUT2D eigenvalue weighted by Crippen LogP contribution is 2.23. The number of fused-ring (bicyclic) bond motifs is 1. The van der Waals surface area contributed by atoms with Crippen LogP contribution < -0.4 is 9.54 Å². The molecular formula is C21H22F2N2O3S2. The monoisotopic (exact) mass is 452 g/mol. The highest BCUT2D eigenvalue weighted by atomic mass is 32.2. The summed E-state index contributed by atoms with van der Waals surface area (Å²) in [7, 11) is 1.61. The van der Waals surface area contributed by atoms with Crippen LogP contribution in [0, 0.1) is 11.6 Å². The Morgan fingerprint density at radius 1 is 1.23 bits per heavy atom. The summed E-state index contributed by atoms with van der Waals surface area (Å²) in [5.74, 6) is -0.320. The largest absolute Gasteiger partial charge is 0.497 e. The lowest BCUT2D eigenvalue weighted by atomic mass is 10.3. The number of thioether (sulfide) groups is 1. The van der Waals surface area contributed by atoms with Gasteiger partial charge in [0.15, 0.2) is 10.6 Å². The predicted molar refractivity (Wildman–Crippen MR) is 115 cm³/mol. The van der Waals surface area contributed by atoms with E-state index < -0.39 is 11.6 Å². The van der Waals surface area contributed by atoms with Gasteiger partial charge in [-0.3, -0.25) is 4.79 Å². The van der Waals surface area contributed by atoms with Crippen molar-refractivity contribution in [2.75, 3.05) is 26.1 Å². The maximum absolute atomic E-state index is 14.4. The average molecular weight is 453 g/mol. The van der Waals surface area contributed by atoms with E-state index in [0.717, 1.165) is 28.0 Å². The summed E-state index contributed by atoms with van der Waals surface area (Å²) in [6.45, 7) is 3.05. The molecule has 3 aromatic rings. The highest BCUT2D eigenvalue weighted by Gasteiger charge is 2.14. The molecule has 2 aromatic carbocycles. The summed E-state index contributed by atoms with van der Waals surface area (Å²) in [6, 6.07) is 9.67. The van der Waals surface area contributed by atoms with Crippen molar-refractivity contribution in [2.45, 2.75) is 24.8 Å². The number of halogens is 2. The van der Waals surface area contributed by atoms with E-state index in [1.807, 2.05) is 31.2 Å². The van der Waals surface area contributed by atoms with E-state index >= 15 is 0 Å². The van der Waals surface area contributed by atoms with Gasteiger partial charge in [0.2, 0.25) is 5.91 Å². The Balaban J connectivity index is 1.76. The summed E-state index contributed by atoms with van der Waals surface area (Å²) in [6.07, 6.45) is 0.229. The van der Waals surface area contributed by atoms with Gasteiger partial charge in [-0.2, -0.15) is 4.99 Å². The van der Waals surface area contributed by atoms with Crippen LogP contribution in [0.1, 0.15) is 13.3 Å². The van der Waals surface area contributed by atoms with Crippen LogP contribution in [0.2, 0.25) is 0 Å². The van der Waals surface area contributed by atoms with E-state index in [4.69, 9.17) is 9.47 Å². The van der Waals surface area contributed by atoms with E-state index in [1.54, 1.807) is 11.7 Å². The third-order valence-electron chi connectivity index (χ3n) is 4.22. The van der Waals surface area contributed by atoms with Crippen molar-refractivity contribution in [1.29, 1.82) is 0 Å². The third kappa shape index (κ3) is 5.68. The molecule has 1 heterocycles. The average Bonchev–Trinajstić information content (AvgIpc) is 3.05. The van der Waals surface area contributed by atoms with E-state index in [-0.39, 0.29) is 17.8 Å². The minimum atomic E-state index is -0.679. The van der Waals surface area contributed by atoms with Crippen molar-refractivity contribution >= 4 is 39.2 Å². The lowest BCUT2D eigenvalue weighted by molar-refractivity contribution is -0.117. The minimum absolute atomic E-state index is 0.229. The van der Waals surface area contributed by atoms with Crippen molar-refractivity contribution in [3.05, 3.63) is 52.8 Å². The number of aromatic nitrogens is 1. The molecule has 160 valence electrons.